The topological polar surface area (TPSA) is 87.0 Å². The maximum Gasteiger partial charge on any atom is 0.270 e. The molecule has 1 aromatic heterocycles. The van der Waals surface area contributed by atoms with Crippen LogP contribution in [0.5, 0.6) is 0 Å². The summed E-state index contributed by atoms with van der Waals surface area (Å²) in [6, 6.07) is 12.7. The molecule has 1 unspecified atom stereocenters. The van der Waals surface area contributed by atoms with E-state index in [9.17, 15) is 18.4 Å². The first-order valence-corrected chi connectivity index (χ1v) is 10.3. The van der Waals surface area contributed by atoms with E-state index in [1.54, 1.807) is 6.07 Å². The van der Waals surface area contributed by atoms with Gasteiger partial charge in [0.2, 0.25) is 11.8 Å². The Morgan fingerprint density at radius 1 is 1.09 bits per heavy atom. The van der Waals surface area contributed by atoms with Gasteiger partial charge in [0.15, 0.2) is 5.92 Å². The van der Waals surface area contributed by atoms with Gasteiger partial charge >= 0.3 is 0 Å². The van der Waals surface area contributed by atoms with Gasteiger partial charge in [-0.25, -0.2) is 8.78 Å². The molecule has 32 heavy (non-hydrogen) atoms. The molecule has 0 spiro atoms. The summed E-state index contributed by atoms with van der Waals surface area (Å²) in [4.78, 5) is 25.6. The number of carbonyl (C=O) groups is 2. The quantitative estimate of drug-likeness (QED) is 0.311. The molecule has 0 saturated heterocycles. The summed E-state index contributed by atoms with van der Waals surface area (Å²) in [6.45, 7) is 5.03. The number of amides is 2. The van der Waals surface area contributed by atoms with Crippen LogP contribution in [-0.2, 0) is 22.1 Å². The van der Waals surface area contributed by atoms with Crippen molar-refractivity contribution in [3.05, 3.63) is 60.3 Å². The Morgan fingerprint density at radius 2 is 1.75 bits per heavy atom. The molecule has 0 saturated carbocycles. The largest absolute Gasteiger partial charge is 0.347 e. The third-order valence-corrected chi connectivity index (χ3v) is 5.10. The second-order valence-corrected chi connectivity index (χ2v) is 7.85. The number of nitrogens with one attached hydrogen (secondary N) is 3. The Bertz CT molecular complexity index is 1170. The van der Waals surface area contributed by atoms with E-state index in [-0.39, 0.29) is 18.4 Å². The van der Waals surface area contributed by atoms with Crippen molar-refractivity contribution < 1.29 is 19.8 Å². The number of fused-ring (bicyclic) bond motifs is 1. The van der Waals surface area contributed by atoms with Crippen LogP contribution in [0.1, 0.15) is 34.2 Å². The van der Waals surface area contributed by atoms with Gasteiger partial charge in [0.1, 0.15) is 0 Å². The average Bonchev–Trinajstić information content (AvgIpc) is 3.10. The molecule has 1 atom stereocenters. The summed E-state index contributed by atoms with van der Waals surface area (Å²) in [5, 5.41) is 14.1. The monoisotopic (exact) mass is 442 g/mol. The number of nitrogens with zero attached hydrogens (tertiary/aromatic N) is 1. The minimum atomic E-state index is -3.07. The number of hydrogen-bond acceptors (Lipinski definition) is 3. The van der Waals surface area contributed by atoms with E-state index in [1.807, 2.05) is 24.4 Å². The lowest BCUT2D eigenvalue weighted by Gasteiger charge is -2.17. The molecule has 3 N–H and O–H groups in total. The van der Waals surface area contributed by atoms with Gasteiger partial charge < -0.3 is 20.6 Å². The first-order chi connectivity index (χ1) is 15.1. The molecular weight excluding hydrogens is 414 g/mol. The summed E-state index contributed by atoms with van der Waals surface area (Å²) in [5.74, 6) is -5.90. The third kappa shape index (κ3) is 5.19. The van der Waals surface area contributed by atoms with E-state index in [4.69, 9.17) is 5.41 Å². The van der Waals surface area contributed by atoms with Crippen LogP contribution in [0.2, 0.25) is 0 Å². The molecule has 0 fully saturated rings. The highest BCUT2D eigenvalue weighted by Gasteiger charge is 2.30. The number of carbonyl (C=O) groups excluding carboxylic acids is 2. The SMILES string of the molecule is CCCn1ccc2ccc(NC(=O)C(C(C)=N)C(=O)Nc3cccc(C(C)(F)F)c3)cc21.[HH]. The van der Waals surface area contributed by atoms with Crippen molar-refractivity contribution in [2.75, 3.05) is 10.6 Å². The molecule has 1 heterocycles. The highest BCUT2D eigenvalue weighted by Crippen LogP contribution is 2.29. The number of benzene rings is 2. The molecule has 2 amide bonds. The van der Waals surface area contributed by atoms with Crippen LogP contribution < -0.4 is 10.6 Å². The molecule has 170 valence electrons. The molecule has 2 aromatic carbocycles. The van der Waals surface area contributed by atoms with E-state index in [2.05, 4.69) is 22.1 Å². The Balaban J connectivity index is 0.00000385. The molecule has 0 aliphatic carbocycles. The van der Waals surface area contributed by atoms with Crippen molar-refractivity contribution in [3.63, 3.8) is 0 Å². The van der Waals surface area contributed by atoms with Crippen LogP contribution in [0.4, 0.5) is 20.2 Å². The zero-order valence-electron chi connectivity index (χ0n) is 18.2. The Kier molecular flexibility index (Phi) is 6.72. The van der Waals surface area contributed by atoms with Gasteiger partial charge in [-0.3, -0.25) is 9.59 Å². The van der Waals surface area contributed by atoms with Crippen molar-refractivity contribution in [2.24, 2.45) is 5.92 Å². The Labute approximate surface area is 186 Å². The van der Waals surface area contributed by atoms with E-state index >= 15 is 0 Å². The number of rotatable bonds is 8. The van der Waals surface area contributed by atoms with Crippen LogP contribution in [0, 0.1) is 11.3 Å². The van der Waals surface area contributed by atoms with E-state index in [0.717, 1.165) is 36.9 Å². The lowest BCUT2D eigenvalue weighted by atomic mass is 10.0. The molecule has 6 nitrogen and oxygen atoms in total. The highest BCUT2D eigenvalue weighted by molar-refractivity contribution is 6.24. The van der Waals surface area contributed by atoms with Gasteiger partial charge in [0.05, 0.1) is 5.52 Å². The lowest BCUT2D eigenvalue weighted by molar-refractivity contribution is -0.126. The van der Waals surface area contributed by atoms with E-state index in [0.29, 0.717) is 5.69 Å². The second kappa shape index (κ2) is 9.30. The molecule has 0 aliphatic heterocycles. The van der Waals surface area contributed by atoms with Crippen LogP contribution in [0.15, 0.2) is 54.7 Å². The van der Waals surface area contributed by atoms with Gasteiger partial charge in [-0.1, -0.05) is 25.1 Å². The fourth-order valence-corrected chi connectivity index (χ4v) is 3.51. The Hall–Kier alpha value is -3.55. The maximum atomic E-state index is 13.6. The Morgan fingerprint density at radius 3 is 2.34 bits per heavy atom. The summed E-state index contributed by atoms with van der Waals surface area (Å²) in [6.07, 6.45) is 2.94. The van der Waals surface area contributed by atoms with Gasteiger partial charge in [0, 0.05) is 43.7 Å². The minimum Gasteiger partial charge on any atom is -0.347 e. The summed E-state index contributed by atoms with van der Waals surface area (Å²) >= 11 is 0. The predicted octanol–water partition coefficient (Wildman–Crippen LogP) is 5.64. The second-order valence-electron chi connectivity index (χ2n) is 7.85. The van der Waals surface area contributed by atoms with Crippen molar-refractivity contribution in [1.29, 1.82) is 5.41 Å². The number of hydrogen-bond donors (Lipinski definition) is 3. The fourth-order valence-electron chi connectivity index (χ4n) is 3.51. The first-order valence-electron chi connectivity index (χ1n) is 10.3. The molecule has 0 radical (unpaired) electrons. The van der Waals surface area contributed by atoms with Crippen molar-refractivity contribution in [1.82, 2.24) is 4.57 Å². The number of anilines is 2. The number of aromatic nitrogens is 1. The molecule has 3 aromatic rings. The van der Waals surface area contributed by atoms with Crippen LogP contribution >= 0.6 is 0 Å². The fraction of sp³-hybridized carbons (Fsp3) is 0.292. The molecule has 0 aliphatic rings. The standard InChI is InChI=1S/C24H26F2N4O2.H2/c1-4-11-30-12-10-16-8-9-19(14-20(16)30)29-23(32)21(15(2)27)22(31)28-18-7-5-6-17(13-18)24(3,25)26;/h5-10,12-14,21,27H,4,11H2,1-3H3,(H,28,31)(H,29,32);1H. The first kappa shape index (κ1) is 23.1. The average molecular weight is 443 g/mol. The zero-order chi connectivity index (χ0) is 23.5. The zero-order valence-corrected chi connectivity index (χ0v) is 18.2. The highest BCUT2D eigenvalue weighted by atomic mass is 19.3. The molecule has 0 bridgehead atoms. The van der Waals surface area contributed by atoms with E-state index in [1.165, 1.54) is 25.1 Å². The van der Waals surface area contributed by atoms with Crippen molar-refractivity contribution in [3.8, 4) is 0 Å². The van der Waals surface area contributed by atoms with Crippen LogP contribution in [0.25, 0.3) is 10.9 Å². The maximum absolute atomic E-state index is 13.6. The summed E-state index contributed by atoms with van der Waals surface area (Å²) in [5.41, 5.74) is 1.17. The van der Waals surface area contributed by atoms with Crippen LogP contribution in [-0.4, -0.2) is 22.1 Å². The molecule has 8 heteroatoms. The minimum absolute atomic E-state index is 0. The molecular formula is C24H28F2N4O2. The van der Waals surface area contributed by atoms with Gasteiger partial charge in [-0.05, 0) is 49.1 Å². The predicted molar refractivity (Wildman–Crippen MR) is 125 cm³/mol. The molecule has 3 rings (SSSR count). The van der Waals surface area contributed by atoms with Crippen molar-refractivity contribution >= 4 is 39.8 Å². The smallest absolute Gasteiger partial charge is 0.270 e. The van der Waals surface area contributed by atoms with Gasteiger partial charge in [-0.2, -0.15) is 0 Å². The number of alkyl halides is 2. The van der Waals surface area contributed by atoms with Crippen molar-refractivity contribution in [2.45, 2.75) is 39.7 Å². The lowest BCUT2D eigenvalue weighted by Crippen LogP contribution is -2.38. The normalized spacial score (nSPS) is 12.4. The number of halogens is 2. The van der Waals surface area contributed by atoms with Gasteiger partial charge in [0.25, 0.3) is 5.92 Å². The summed E-state index contributed by atoms with van der Waals surface area (Å²) in [7, 11) is 0. The third-order valence-electron chi connectivity index (χ3n) is 5.10. The van der Waals surface area contributed by atoms with E-state index < -0.39 is 23.7 Å². The number of aryl methyl sites for hydroxylation is 1. The van der Waals surface area contributed by atoms with Crippen LogP contribution in [0.3, 0.4) is 0 Å². The summed E-state index contributed by atoms with van der Waals surface area (Å²) < 4.78 is 29.2. The van der Waals surface area contributed by atoms with Gasteiger partial charge in [-0.15, -0.1) is 0 Å².